The van der Waals surface area contributed by atoms with Gasteiger partial charge in [-0.3, -0.25) is 15.2 Å². The van der Waals surface area contributed by atoms with Gasteiger partial charge in [0, 0.05) is 5.56 Å². The molecule has 23 heavy (non-hydrogen) atoms. The van der Waals surface area contributed by atoms with Gasteiger partial charge in [0.05, 0.1) is 13.7 Å². The molecule has 0 fully saturated rings. The van der Waals surface area contributed by atoms with Gasteiger partial charge in [-0.25, -0.2) is 0 Å². The number of H-pyrrole nitrogens is 1. The van der Waals surface area contributed by atoms with Gasteiger partial charge in [-0.2, -0.15) is 18.2 Å². The van der Waals surface area contributed by atoms with Crippen molar-refractivity contribution in [3.05, 3.63) is 29.6 Å². The molecular weight excluding hydrogens is 317 g/mol. The third-order valence-corrected chi connectivity index (χ3v) is 2.70. The average Bonchev–Trinajstić information content (AvgIpc) is 2.96. The molecule has 0 radical (unpaired) electrons. The van der Waals surface area contributed by atoms with Crippen LogP contribution in [0.1, 0.15) is 23.1 Å². The maximum absolute atomic E-state index is 12.4. The van der Waals surface area contributed by atoms with E-state index in [-0.39, 0.29) is 5.56 Å². The van der Waals surface area contributed by atoms with Crippen LogP contribution in [0.2, 0.25) is 0 Å². The summed E-state index contributed by atoms with van der Waals surface area (Å²) in [5, 5.41) is 7.17. The van der Waals surface area contributed by atoms with E-state index in [1.807, 2.05) is 0 Å². The molecule has 1 aromatic carbocycles. The summed E-state index contributed by atoms with van der Waals surface area (Å²) < 4.78 is 47.6. The van der Waals surface area contributed by atoms with Crippen molar-refractivity contribution < 1.29 is 27.4 Å². The average molecular weight is 330 g/mol. The van der Waals surface area contributed by atoms with E-state index < -0.39 is 23.9 Å². The molecule has 0 aliphatic rings. The van der Waals surface area contributed by atoms with E-state index in [9.17, 15) is 18.0 Å². The topological polar surface area (TPSA) is 89.1 Å². The predicted molar refractivity (Wildman–Crippen MR) is 73.5 cm³/mol. The molecule has 0 bridgehead atoms. The number of rotatable bonds is 5. The first-order valence-corrected chi connectivity index (χ1v) is 6.47. The number of alkyl halides is 3. The molecule has 1 aromatic heterocycles. The first-order valence-electron chi connectivity index (χ1n) is 6.47. The Morgan fingerprint density at radius 3 is 2.65 bits per heavy atom. The monoisotopic (exact) mass is 330 g/mol. The minimum absolute atomic E-state index is 0.160. The lowest BCUT2D eigenvalue weighted by Crippen LogP contribution is -2.14. The number of ether oxygens (including phenoxy) is 2. The number of methoxy groups -OCH3 is 1. The van der Waals surface area contributed by atoms with E-state index >= 15 is 0 Å². The van der Waals surface area contributed by atoms with Gasteiger partial charge in [0.25, 0.3) is 5.91 Å². The number of benzene rings is 1. The molecule has 1 amide bonds. The Labute approximate surface area is 128 Å². The van der Waals surface area contributed by atoms with Crippen LogP contribution in [0.15, 0.2) is 18.2 Å². The number of carbonyl (C=O) groups excluding carboxylic acids is 1. The van der Waals surface area contributed by atoms with Gasteiger partial charge in [-0.1, -0.05) is 0 Å². The summed E-state index contributed by atoms with van der Waals surface area (Å²) in [6.07, 6.45) is -4.67. The van der Waals surface area contributed by atoms with Gasteiger partial charge in [0.1, 0.15) is 0 Å². The Hall–Kier alpha value is -2.78. The van der Waals surface area contributed by atoms with E-state index in [2.05, 4.69) is 15.4 Å². The van der Waals surface area contributed by atoms with Crippen LogP contribution < -0.4 is 14.8 Å². The molecule has 124 valence electrons. The van der Waals surface area contributed by atoms with Crippen molar-refractivity contribution in [3.63, 3.8) is 0 Å². The number of nitrogens with one attached hydrogen (secondary N) is 2. The summed E-state index contributed by atoms with van der Waals surface area (Å²) in [6, 6.07) is 4.36. The van der Waals surface area contributed by atoms with Crippen LogP contribution in [0.5, 0.6) is 11.5 Å². The largest absolute Gasteiger partial charge is 0.493 e. The number of hydrogen-bond donors (Lipinski definition) is 2. The molecule has 0 unspecified atom stereocenters. The number of hydrogen-bond acceptors (Lipinski definition) is 5. The highest BCUT2D eigenvalue weighted by Crippen LogP contribution is 2.29. The molecule has 2 rings (SSSR count). The van der Waals surface area contributed by atoms with Crippen molar-refractivity contribution in [2.24, 2.45) is 0 Å². The molecule has 1 heterocycles. The zero-order valence-electron chi connectivity index (χ0n) is 12.2. The summed E-state index contributed by atoms with van der Waals surface area (Å²) in [7, 11) is 1.45. The Bertz CT molecular complexity index is 700. The Morgan fingerprint density at radius 1 is 1.35 bits per heavy atom. The lowest BCUT2D eigenvalue weighted by molar-refractivity contribution is -0.144. The van der Waals surface area contributed by atoms with Gasteiger partial charge in [0.15, 0.2) is 11.5 Å². The molecule has 10 heteroatoms. The zero-order valence-corrected chi connectivity index (χ0v) is 12.2. The number of anilines is 1. The number of carbonyl (C=O) groups is 1. The smallest absolute Gasteiger partial charge is 0.451 e. The van der Waals surface area contributed by atoms with Crippen LogP contribution in [-0.4, -0.2) is 34.8 Å². The van der Waals surface area contributed by atoms with E-state index in [4.69, 9.17) is 9.47 Å². The number of nitrogens with zero attached hydrogens (tertiary/aromatic N) is 2. The molecule has 7 nitrogen and oxygen atoms in total. The highest BCUT2D eigenvalue weighted by atomic mass is 19.4. The number of aromatic nitrogens is 3. The molecule has 0 aliphatic heterocycles. The normalized spacial score (nSPS) is 11.2. The fourth-order valence-corrected chi connectivity index (χ4v) is 1.70. The van der Waals surface area contributed by atoms with Crippen LogP contribution >= 0.6 is 0 Å². The maximum atomic E-state index is 12.4. The van der Waals surface area contributed by atoms with Crippen LogP contribution in [0.4, 0.5) is 19.1 Å². The zero-order chi connectivity index (χ0) is 17.0. The highest BCUT2D eigenvalue weighted by molar-refractivity contribution is 6.03. The van der Waals surface area contributed by atoms with Crippen molar-refractivity contribution in [1.82, 2.24) is 15.2 Å². The second-order valence-corrected chi connectivity index (χ2v) is 4.26. The standard InChI is InChI=1S/C13H13F3N4O3/c1-3-23-9-6-7(4-5-8(9)22-2)10(21)17-12-18-11(19-20-12)13(14,15)16/h4-6H,3H2,1-2H3,(H2,17,18,19,20,21). The van der Waals surface area contributed by atoms with Crippen molar-refractivity contribution in [2.45, 2.75) is 13.1 Å². The SMILES string of the molecule is CCOc1cc(C(=O)Nc2n[nH]c(C(F)(F)F)n2)ccc1OC. The van der Waals surface area contributed by atoms with Gasteiger partial charge in [-0.05, 0) is 25.1 Å². The quantitative estimate of drug-likeness (QED) is 0.879. The molecule has 0 spiro atoms. The van der Waals surface area contributed by atoms with E-state index in [0.29, 0.717) is 18.1 Å². The summed E-state index contributed by atoms with van der Waals surface area (Å²) in [5.74, 6) is -1.68. The summed E-state index contributed by atoms with van der Waals surface area (Å²) >= 11 is 0. The van der Waals surface area contributed by atoms with Crippen molar-refractivity contribution in [3.8, 4) is 11.5 Å². The van der Waals surface area contributed by atoms with E-state index in [1.165, 1.54) is 25.3 Å². The van der Waals surface area contributed by atoms with Crippen LogP contribution in [0.25, 0.3) is 0 Å². The van der Waals surface area contributed by atoms with Crippen molar-refractivity contribution in [2.75, 3.05) is 19.0 Å². The third kappa shape index (κ3) is 3.90. The predicted octanol–water partition coefficient (Wildman–Crippen LogP) is 2.48. The first kappa shape index (κ1) is 16.6. The van der Waals surface area contributed by atoms with E-state index in [1.54, 1.807) is 12.0 Å². The molecule has 2 N–H and O–H groups in total. The molecule has 0 atom stereocenters. The second-order valence-electron chi connectivity index (χ2n) is 4.26. The van der Waals surface area contributed by atoms with Crippen LogP contribution in [0.3, 0.4) is 0 Å². The van der Waals surface area contributed by atoms with Crippen molar-refractivity contribution >= 4 is 11.9 Å². The van der Waals surface area contributed by atoms with E-state index in [0.717, 1.165) is 0 Å². The second kappa shape index (κ2) is 6.55. The first-order chi connectivity index (χ1) is 10.8. The van der Waals surface area contributed by atoms with Gasteiger partial charge >= 0.3 is 6.18 Å². The highest BCUT2D eigenvalue weighted by Gasteiger charge is 2.35. The van der Waals surface area contributed by atoms with Crippen molar-refractivity contribution in [1.29, 1.82) is 0 Å². The number of aromatic amines is 1. The maximum Gasteiger partial charge on any atom is 0.451 e. The fourth-order valence-electron chi connectivity index (χ4n) is 1.70. The van der Waals surface area contributed by atoms with Gasteiger partial charge < -0.3 is 9.47 Å². The Kier molecular flexibility index (Phi) is 4.72. The molecule has 0 saturated carbocycles. The Morgan fingerprint density at radius 2 is 2.09 bits per heavy atom. The van der Waals surface area contributed by atoms with Crippen LogP contribution in [-0.2, 0) is 6.18 Å². The molecule has 0 aliphatic carbocycles. The summed E-state index contributed by atoms with van der Waals surface area (Å²) in [6.45, 7) is 2.12. The van der Waals surface area contributed by atoms with Gasteiger partial charge in [-0.15, -0.1) is 5.10 Å². The molecule has 0 saturated heterocycles. The Balaban J connectivity index is 2.17. The fraction of sp³-hybridized carbons (Fsp3) is 0.308. The molecular formula is C13H13F3N4O3. The van der Waals surface area contributed by atoms with Crippen LogP contribution in [0, 0.1) is 0 Å². The lowest BCUT2D eigenvalue weighted by atomic mass is 10.2. The van der Waals surface area contributed by atoms with Gasteiger partial charge in [0.2, 0.25) is 11.8 Å². The summed E-state index contributed by atoms with van der Waals surface area (Å²) in [4.78, 5) is 15.2. The molecule has 2 aromatic rings. The lowest BCUT2D eigenvalue weighted by Gasteiger charge is -2.10. The number of amides is 1. The third-order valence-electron chi connectivity index (χ3n) is 2.70. The minimum atomic E-state index is -4.67. The summed E-state index contributed by atoms with van der Waals surface area (Å²) in [5.41, 5.74) is 0.160. The number of halogens is 3. The minimum Gasteiger partial charge on any atom is -0.493 e.